The molecule has 4 nitrogen and oxygen atoms in total. The molecule has 0 spiro atoms. The maximum absolute atomic E-state index is 13.7. The van der Waals surface area contributed by atoms with Gasteiger partial charge in [-0.1, -0.05) is 31.4 Å². The van der Waals surface area contributed by atoms with E-state index in [9.17, 15) is 8.78 Å². The molecule has 1 aliphatic carbocycles. The number of piperidine rings is 1. The van der Waals surface area contributed by atoms with Crippen LogP contribution >= 0.6 is 24.0 Å². The lowest BCUT2D eigenvalue weighted by molar-refractivity contribution is 0.119. The molecule has 0 atom stereocenters. The van der Waals surface area contributed by atoms with Crippen LogP contribution in [0.1, 0.15) is 50.5 Å². The van der Waals surface area contributed by atoms with Gasteiger partial charge >= 0.3 is 0 Å². The molecular weight excluding hydrogens is 473 g/mol. The molecule has 1 saturated carbocycles. The van der Waals surface area contributed by atoms with Crippen LogP contribution in [0.25, 0.3) is 0 Å². The quantitative estimate of drug-likeness (QED) is 0.359. The topological polar surface area (TPSA) is 39.7 Å². The van der Waals surface area contributed by atoms with Gasteiger partial charge in [-0.15, -0.1) is 24.0 Å². The Morgan fingerprint density at radius 2 is 1.82 bits per heavy atom. The number of halogens is 3. The van der Waals surface area contributed by atoms with Crippen LogP contribution in [0.2, 0.25) is 0 Å². The predicted octanol–water partition coefficient (Wildman–Crippen LogP) is 4.09. The molecule has 158 valence electrons. The van der Waals surface area contributed by atoms with Crippen LogP contribution in [0.5, 0.6) is 0 Å². The highest BCUT2D eigenvalue weighted by atomic mass is 127. The van der Waals surface area contributed by atoms with E-state index in [1.54, 1.807) is 19.2 Å². The van der Waals surface area contributed by atoms with Crippen LogP contribution in [0.4, 0.5) is 8.78 Å². The molecular formula is C21H33F2IN4. The summed E-state index contributed by atoms with van der Waals surface area (Å²) in [6.45, 7) is 2.81. The molecule has 2 aliphatic rings. The predicted molar refractivity (Wildman–Crippen MR) is 121 cm³/mol. The Balaban J connectivity index is 0.00000280. The smallest absolute Gasteiger partial charge is 0.191 e. The van der Waals surface area contributed by atoms with E-state index < -0.39 is 11.6 Å². The third-order valence-corrected chi connectivity index (χ3v) is 5.90. The van der Waals surface area contributed by atoms with Crippen LogP contribution in [0, 0.1) is 11.6 Å². The lowest BCUT2D eigenvalue weighted by atomic mass is 9.92. The van der Waals surface area contributed by atoms with Gasteiger partial charge in [-0.3, -0.25) is 4.99 Å². The minimum absolute atomic E-state index is 0. The number of nitrogens with zero attached hydrogens (tertiary/aromatic N) is 2. The maximum Gasteiger partial charge on any atom is 0.191 e. The molecule has 1 aromatic rings. The number of guanidine groups is 1. The van der Waals surface area contributed by atoms with Gasteiger partial charge in [0.1, 0.15) is 0 Å². The molecule has 1 heterocycles. The zero-order valence-electron chi connectivity index (χ0n) is 16.7. The summed E-state index contributed by atoms with van der Waals surface area (Å²) in [5.74, 6) is -0.806. The molecule has 0 unspecified atom stereocenters. The zero-order valence-corrected chi connectivity index (χ0v) is 19.1. The summed E-state index contributed by atoms with van der Waals surface area (Å²) >= 11 is 0. The summed E-state index contributed by atoms with van der Waals surface area (Å²) in [5.41, 5.74) is 0.388. The summed E-state index contributed by atoms with van der Waals surface area (Å²) in [6.07, 6.45) is 9.54. The molecule has 3 rings (SSSR count). The molecule has 0 radical (unpaired) electrons. The lowest BCUT2D eigenvalue weighted by Crippen LogP contribution is -2.51. The molecule has 0 bridgehead atoms. The standard InChI is InChI=1S/C21H32F2N4.HI/c1-24-21(25-13-10-16-6-5-9-19(22)20(16)23)26-17-11-14-27(15-12-17)18-7-3-2-4-8-18;/h5-6,9,17-18H,2-4,7-8,10-15H2,1H3,(H2,24,25,26);1H. The van der Waals surface area contributed by atoms with E-state index in [1.165, 1.54) is 32.1 Å². The first-order valence-corrected chi connectivity index (χ1v) is 10.3. The summed E-state index contributed by atoms with van der Waals surface area (Å²) in [5, 5.41) is 6.71. The fourth-order valence-corrected chi connectivity index (χ4v) is 4.30. The van der Waals surface area contributed by atoms with Crippen LogP contribution in [-0.2, 0) is 6.42 Å². The van der Waals surface area contributed by atoms with E-state index in [2.05, 4.69) is 20.5 Å². The van der Waals surface area contributed by atoms with E-state index in [0.29, 0.717) is 24.6 Å². The first kappa shape index (κ1) is 23.3. The second-order valence-corrected chi connectivity index (χ2v) is 7.71. The Morgan fingerprint density at radius 3 is 2.50 bits per heavy atom. The number of aliphatic imine (C=N–C) groups is 1. The second kappa shape index (κ2) is 11.9. The largest absolute Gasteiger partial charge is 0.356 e. The Morgan fingerprint density at radius 1 is 1.11 bits per heavy atom. The Bertz CT molecular complexity index is 627. The number of benzene rings is 1. The monoisotopic (exact) mass is 506 g/mol. The highest BCUT2D eigenvalue weighted by molar-refractivity contribution is 14.0. The van der Waals surface area contributed by atoms with Crippen LogP contribution in [-0.4, -0.2) is 49.6 Å². The van der Waals surface area contributed by atoms with Gasteiger partial charge in [-0.2, -0.15) is 0 Å². The Labute approximate surface area is 184 Å². The fraction of sp³-hybridized carbons (Fsp3) is 0.667. The van der Waals surface area contributed by atoms with E-state index in [4.69, 9.17) is 0 Å². The lowest BCUT2D eigenvalue weighted by Gasteiger charge is -2.39. The summed E-state index contributed by atoms with van der Waals surface area (Å²) < 4.78 is 27.0. The van der Waals surface area contributed by atoms with Crippen LogP contribution < -0.4 is 10.6 Å². The Hall–Kier alpha value is -0.960. The van der Waals surface area contributed by atoms with Crippen molar-refractivity contribution in [1.82, 2.24) is 15.5 Å². The minimum atomic E-state index is -0.792. The fourth-order valence-electron chi connectivity index (χ4n) is 4.30. The van der Waals surface area contributed by atoms with Gasteiger partial charge in [0.05, 0.1) is 0 Å². The summed E-state index contributed by atoms with van der Waals surface area (Å²) in [4.78, 5) is 6.94. The summed E-state index contributed by atoms with van der Waals surface area (Å²) in [6, 6.07) is 5.52. The number of nitrogens with one attached hydrogen (secondary N) is 2. The summed E-state index contributed by atoms with van der Waals surface area (Å²) in [7, 11) is 1.75. The molecule has 1 aromatic carbocycles. The van der Waals surface area contributed by atoms with E-state index in [0.717, 1.165) is 44.0 Å². The highest BCUT2D eigenvalue weighted by Crippen LogP contribution is 2.25. The van der Waals surface area contributed by atoms with Crippen molar-refractivity contribution in [2.75, 3.05) is 26.7 Å². The average Bonchev–Trinajstić information content (AvgIpc) is 2.71. The first-order chi connectivity index (χ1) is 13.2. The van der Waals surface area contributed by atoms with Gasteiger partial charge in [0.2, 0.25) is 0 Å². The van der Waals surface area contributed by atoms with Crippen molar-refractivity contribution in [2.45, 2.75) is 63.5 Å². The Kier molecular flexibility index (Phi) is 9.91. The van der Waals surface area contributed by atoms with Crippen molar-refractivity contribution in [1.29, 1.82) is 0 Å². The first-order valence-electron chi connectivity index (χ1n) is 10.3. The van der Waals surface area contributed by atoms with Gasteiger partial charge in [-0.25, -0.2) is 8.78 Å². The van der Waals surface area contributed by atoms with Gasteiger partial charge in [0, 0.05) is 38.8 Å². The van der Waals surface area contributed by atoms with Crippen molar-refractivity contribution >= 4 is 29.9 Å². The molecule has 1 saturated heterocycles. The van der Waals surface area contributed by atoms with Gasteiger partial charge < -0.3 is 15.5 Å². The number of hydrogen-bond acceptors (Lipinski definition) is 2. The number of rotatable bonds is 5. The van der Waals surface area contributed by atoms with E-state index in [-0.39, 0.29) is 24.0 Å². The number of likely N-dealkylation sites (tertiary alicyclic amines) is 1. The number of hydrogen-bond donors (Lipinski definition) is 2. The second-order valence-electron chi connectivity index (χ2n) is 7.71. The van der Waals surface area contributed by atoms with Crippen LogP contribution in [0.3, 0.4) is 0 Å². The minimum Gasteiger partial charge on any atom is -0.356 e. The van der Waals surface area contributed by atoms with Crippen molar-refractivity contribution < 1.29 is 8.78 Å². The molecule has 2 fully saturated rings. The van der Waals surface area contributed by atoms with E-state index in [1.807, 2.05) is 0 Å². The average molecular weight is 506 g/mol. The molecule has 2 N–H and O–H groups in total. The van der Waals surface area contributed by atoms with Crippen LogP contribution in [0.15, 0.2) is 23.2 Å². The molecule has 0 amide bonds. The highest BCUT2D eigenvalue weighted by Gasteiger charge is 2.26. The van der Waals surface area contributed by atoms with Crippen molar-refractivity contribution in [3.8, 4) is 0 Å². The third kappa shape index (κ3) is 6.54. The molecule has 7 heteroatoms. The SMILES string of the molecule is CN=C(NCCc1cccc(F)c1F)NC1CCN(C2CCCCC2)CC1.I. The third-order valence-electron chi connectivity index (χ3n) is 5.90. The zero-order chi connectivity index (χ0) is 19.1. The van der Waals surface area contributed by atoms with Gasteiger partial charge in [0.15, 0.2) is 17.6 Å². The van der Waals surface area contributed by atoms with E-state index >= 15 is 0 Å². The molecule has 0 aromatic heterocycles. The van der Waals surface area contributed by atoms with Crippen molar-refractivity contribution in [3.05, 3.63) is 35.4 Å². The maximum atomic E-state index is 13.7. The van der Waals surface area contributed by atoms with Gasteiger partial charge in [0.25, 0.3) is 0 Å². The van der Waals surface area contributed by atoms with Crippen molar-refractivity contribution in [2.24, 2.45) is 4.99 Å². The van der Waals surface area contributed by atoms with Gasteiger partial charge in [-0.05, 0) is 43.7 Å². The van der Waals surface area contributed by atoms with Crippen molar-refractivity contribution in [3.63, 3.8) is 0 Å². The normalized spacial score (nSPS) is 19.9. The molecule has 28 heavy (non-hydrogen) atoms. The molecule has 1 aliphatic heterocycles.